The van der Waals surface area contributed by atoms with Gasteiger partial charge in [0.05, 0.1) is 51.0 Å². The minimum absolute atomic E-state index is 0.0211. The Kier molecular flexibility index (Phi) is 14.4. The van der Waals surface area contributed by atoms with Crippen LogP contribution in [0.25, 0.3) is 10.9 Å². The fraction of sp³-hybridized carbons (Fsp3) is 0.489. The van der Waals surface area contributed by atoms with Crippen LogP contribution >= 0.6 is 11.6 Å². The lowest BCUT2D eigenvalue weighted by Crippen LogP contribution is -2.53. The number of likely N-dealkylation sites (N-methyl/N-ethyl adjacent to an activating group) is 1. The molecule has 2 saturated heterocycles. The van der Waals surface area contributed by atoms with Gasteiger partial charge in [0.25, 0.3) is 11.6 Å². The number of nitrogens with zero attached hydrogens (tertiary/aromatic N) is 4. The van der Waals surface area contributed by atoms with Crippen LogP contribution in [0.3, 0.4) is 0 Å². The van der Waals surface area contributed by atoms with Crippen LogP contribution in [0.2, 0.25) is 5.02 Å². The van der Waals surface area contributed by atoms with Gasteiger partial charge in [-0.15, -0.1) is 0 Å². The Hall–Kier alpha value is -5.22. The van der Waals surface area contributed by atoms with Crippen molar-refractivity contribution in [3.05, 3.63) is 98.2 Å². The third-order valence-corrected chi connectivity index (χ3v) is 12.4. The van der Waals surface area contributed by atoms with Crippen molar-refractivity contribution >= 4 is 57.6 Å². The summed E-state index contributed by atoms with van der Waals surface area (Å²) < 4.78 is 23.9. The number of nitro groups is 1. The first-order valence-electron chi connectivity index (χ1n) is 20.3. The number of epoxide rings is 1. The number of amides is 2. The van der Waals surface area contributed by atoms with Gasteiger partial charge in [0.2, 0.25) is 5.91 Å². The highest BCUT2D eigenvalue weighted by molar-refractivity contribution is 6.34. The molecule has 1 N–H and O–H groups in total. The summed E-state index contributed by atoms with van der Waals surface area (Å²) in [7, 11) is 4.44. The van der Waals surface area contributed by atoms with Gasteiger partial charge in [-0.05, 0) is 69.5 Å². The second-order valence-electron chi connectivity index (χ2n) is 16.0. The molecule has 2 amide bonds. The lowest BCUT2D eigenvalue weighted by molar-refractivity contribution is -0.383. The van der Waals surface area contributed by atoms with E-state index in [0.717, 1.165) is 21.6 Å². The van der Waals surface area contributed by atoms with Gasteiger partial charge in [-0.2, -0.15) is 0 Å². The molecule has 3 aromatic rings. The van der Waals surface area contributed by atoms with Crippen LogP contribution in [0.15, 0.2) is 66.4 Å². The summed E-state index contributed by atoms with van der Waals surface area (Å²) in [4.78, 5) is 73.2. The van der Waals surface area contributed by atoms with Crippen LogP contribution in [0.4, 0.5) is 11.4 Å². The third-order valence-electron chi connectivity index (χ3n) is 11.9. The van der Waals surface area contributed by atoms with Crippen LogP contribution in [0, 0.1) is 23.0 Å². The summed E-state index contributed by atoms with van der Waals surface area (Å²) in [6.45, 7) is 12.7. The molecule has 4 heterocycles. The minimum atomic E-state index is -1.61. The van der Waals surface area contributed by atoms with Crippen molar-refractivity contribution < 1.29 is 48.2 Å². The Labute approximate surface area is 360 Å². The van der Waals surface area contributed by atoms with Crippen LogP contribution in [-0.4, -0.2) is 107 Å². The lowest BCUT2D eigenvalue weighted by atomic mass is 9.78. The Morgan fingerprint density at radius 1 is 1.18 bits per heavy atom. The van der Waals surface area contributed by atoms with Crippen LogP contribution in [0.1, 0.15) is 82.3 Å². The number of fused-ring (bicyclic) bond motifs is 6. The number of halogens is 1. The third kappa shape index (κ3) is 9.65. The molecule has 328 valence electrons. The molecule has 15 nitrogen and oxygen atoms in total. The molecule has 1 aromatic heterocycles. The van der Waals surface area contributed by atoms with Gasteiger partial charge in [-0.25, -0.2) is 4.79 Å². The maximum absolute atomic E-state index is 14.3. The molecule has 0 spiro atoms. The van der Waals surface area contributed by atoms with Crippen molar-refractivity contribution in [1.82, 2.24) is 9.88 Å². The van der Waals surface area contributed by atoms with Gasteiger partial charge in [-0.1, -0.05) is 62.2 Å². The van der Waals surface area contributed by atoms with Gasteiger partial charge in [0.15, 0.2) is 0 Å². The maximum atomic E-state index is 14.3. The van der Waals surface area contributed by atoms with E-state index < -0.39 is 76.3 Å². The molecule has 0 radical (unpaired) electrons. The second kappa shape index (κ2) is 18.8. The number of carbonyl (C=O) groups excluding carboxylic acids is 4. The number of aliphatic hydroxyl groups is 1. The normalized spacial score (nSPS) is 28.5. The fourth-order valence-electron chi connectivity index (χ4n) is 8.15. The van der Waals surface area contributed by atoms with E-state index in [9.17, 15) is 34.4 Å². The van der Waals surface area contributed by atoms with E-state index in [2.05, 4.69) is 4.98 Å². The second-order valence-corrected chi connectivity index (χ2v) is 16.4. The number of anilines is 1. The molecule has 2 fully saturated rings. The zero-order valence-corrected chi connectivity index (χ0v) is 37.0. The number of ether oxygens (including phenoxy) is 4. The number of aryl methyl sites for hydroxylation is 1. The average molecular weight is 863 g/mol. The number of aromatic nitrogens is 1. The van der Waals surface area contributed by atoms with Gasteiger partial charge >= 0.3 is 11.9 Å². The molecule has 61 heavy (non-hydrogen) atoms. The van der Waals surface area contributed by atoms with Crippen LogP contribution in [0.5, 0.6) is 0 Å². The number of hydrogen-bond acceptors (Lipinski definition) is 12. The monoisotopic (exact) mass is 862 g/mol. The Morgan fingerprint density at radius 3 is 2.56 bits per heavy atom. The van der Waals surface area contributed by atoms with Crippen molar-refractivity contribution in [2.24, 2.45) is 5.92 Å². The number of rotatable bonds is 6. The smallest absolute Gasteiger partial charge is 0.328 e. The van der Waals surface area contributed by atoms with Gasteiger partial charge in [-0.3, -0.25) is 29.5 Å². The van der Waals surface area contributed by atoms with E-state index in [4.69, 9.17) is 30.5 Å². The molecule has 6 rings (SSSR count). The Morgan fingerprint density at radius 2 is 1.89 bits per heavy atom. The van der Waals surface area contributed by atoms with E-state index in [1.807, 2.05) is 45.9 Å². The number of carbonyl (C=O) groups is 4. The predicted molar refractivity (Wildman–Crippen MR) is 229 cm³/mol. The van der Waals surface area contributed by atoms with Gasteiger partial charge in [0, 0.05) is 45.8 Å². The zero-order valence-electron chi connectivity index (χ0n) is 36.3. The maximum Gasteiger partial charge on any atom is 0.328 e. The Balaban J connectivity index is 0.00000347. The first-order valence-corrected chi connectivity index (χ1v) is 20.7. The van der Waals surface area contributed by atoms with E-state index in [-0.39, 0.29) is 41.4 Å². The molecular weight excluding hydrogens is 808 g/mol. The highest BCUT2D eigenvalue weighted by atomic mass is 35.5. The number of hydrogen-bond donors (Lipinski definition) is 1. The molecular formula is C45H55ClN4O11. The number of benzene rings is 2. The molecule has 3 aliphatic rings. The van der Waals surface area contributed by atoms with Crippen LogP contribution < -0.4 is 4.90 Å². The summed E-state index contributed by atoms with van der Waals surface area (Å²) in [5.74, 6) is -3.10. The van der Waals surface area contributed by atoms with Gasteiger partial charge < -0.3 is 33.9 Å². The quantitative estimate of drug-likeness (QED) is 0.117. The van der Waals surface area contributed by atoms with E-state index in [0.29, 0.717) is 17.1 Å². The summed E-state index contributed by atoms with van der Waals surface area (Å²) in [6.07, 6.45) is 3.07. The molecule has 2 aromatic carbocycles. The molecule has 8 atom stereocenters. The molecule has 0 saturated carbocycles. The standard InChI is InChI=1S/C43H49ClN4O11.C2H6/c1-23-11-9-13-33(56-8)43(53)21-32(57-36(50)22-43)25(3)39-42(5,59-39)34(20-35(49)47(7)31-19-27(17-23)18-24(2)37(31)44)58-41(52)26(4)46(6)40(51)29-14-15-30(48(54)55)28-12-10-16-45-38(28)29;1-2/h9-16,18-19,25-26,32-34,39,53H,17,20-22H2,1-8H3;1-2H3/b13-9+,23-11+;/t25-,26+,32+,33-,34+,39+,42+,43-;/m1./s1. The molecule has 16 heteroatoms. The molecule has 0 aliphatic carbocycles. The number of nitro benzene ring substituents is 1. The Bertz CT molecular complexity index is 2260. The number of pyridine rings is 1. The van der Waals surface area contributed by atoms with E-state index in [1.54, 1.807) is 33.0 Å². The first-order chi connectivity index (χ1) is 28.8. The summed E-state index contributed by atoms with van der Waals surface area (Å²) in [5.41, 5.74) is 0.0637. The van der Waals surface area contributed by atoms with Crippen molar-refractivity contribution in [1.29, 1.82) is 0 Å². The lowest BCUT2D eigenvalue weighted by Gasteiger charge is -2.41. The van der Waals surface area contributed by atoms with E-state index in [1.165, 1.54) is 56.4 Å². The van der Waals surface area contributed by atoms with Crippen molar-refractivity contribution in [2.45, 2.75) is 116 Å². The summed E-state index contributed by atoms with van der Waals surface area (Å²) in [6, 6.07) is 8.07. The number of non-ortho nitro benzene ring substituents is 1. The van der Waals surface area contributed by atoms with Gasteiger partial charge in [0.1, 0.15) is 35.6 Å². The molecule has 4 bridgehead atoms. The topological polar surface area (TPSA) is 191 Å². The predicted octanol–water partition coefficient (Wildman–Crippen LogP) is 6.86. The average Bonchev–Trinajstić information content (AvgIpc) is 3.93. The summed E-state index contributed by atoms with van der Waals surface area (Å²) in [5, 5.41) is 24.1. The minimum Gasteiger partial charge on any atom is -0.462 e. The molecule has 3 aliphatic heterocycles. The van der Waals surface area contributed by atoms with Crippen molar-refractivity contribution in [2.75, 3.05) is 26.1 Å². The largest absolute Gasteiger partial charge is 0.462 e. The SMILES string of the molecule is CC.CO[C@@H]1/C=C/C=C(\C)Cc2cc(C)c(Cl)c(c2)N(C)C(=O)C[C@H](OC(=O)[C@H](C)N(C)C(=O)c2ccc([N+](=O)[O-])c3cccnc23)[C@]2(C)O[C@H]2[C@H](C)[C@@H]2C[C@@]1(O)CC(=O)O2. The van der Waals surface area contributed by atoms with Crippen molar-refractivity contribution in [3.63, 3.8) is 0 Å². The van der Waals surface area contributed by atoms with Crippen LogP contribution in [-0.2, 0) is 39.8 Å². The van der Waals surface area contributed by atoms with Crippen molar-refractivity contribution in [3.8, 4) is 0 Å². The zero-order chi connectivity index (χ0) is 45.1. The fourth-order valence-corrected chi connectivity index (χ4v) is 8.38. The highest BCUT2D eigenvalue weighted by Crippen LogP contribution is 2.50. The number of methoxy groups -OCH3 is 1. The first kappa shape index (κ1) is 46.8. The summed E-state index contributed by atoms with van der Waals surface area (Å²) >= 11 is 6.80. The van der Waals surface area contributed by atoms with E-state index >= 15 is 0 Å². The highest BCUT2D eigenvalue weighted by Gasteiger charge is 2.64. The molecule has 0 unspecified atom stereocenters. The number of esters is 2. The number of allylic oxidation sites excluding steroid dienone is 3.